The second-order valence-electron chi connectivity index (χ2n) is 7.80. The van der Waals surface area contributed by atoms with Crippen LogP contribution in [0.1, 0.15) is 55.6 Å². The average molecular weight is 380 g/mol. The summed E-state index contributed by atoms with van der Waals surface area (Å²) in [6.07, 6.45) is 12.6. The molecule has 1 aliphatic heterocycles. The van der Waals surface area contributed by atoms with Gasteiger partial charge in [-0.25, -0.2) is 9.97 Å². The van der Waals surface area contributed by atoms with Gasteiger partial charge in [-0.3, -0.25) is 4.79 Å². The van der Waals surface area contributed by atoms with Gasteiger partial charge in [0.1, 0.15) is 11.5 Å². The summed E-state index contributed by atoms with van der Waals surface area (Å²) in [5, 5.41) is 0. The summed E-state index contributed by atoms with van der Waals surface area (Å²) >= 11 is 0. The van der Waals surface area contributed by atoms with E-state index in [2.05, 4.69) is 27.7 Å². The van der Waals surface area contributed by atoms with Crippen molar-refractivity contribution < 1.29 is 4.79 Å². The minimum absolute atomic E-state index is 0.191. The van der Waals surface area contributed by atoms with Crippen molar-refractivity contribution in [1.82, 2.24) is 23.8 Å². The van der Waals surface area contributed by atoms with E-state index in [1.54, 1.807) is 0 Å². The van der Waals surface area contributed by atoms with E-state index in [9.17, 15) is 4.79 Å². The quantitative estimate of drug-likeness (QED) is 0.658. The van der Waals surface area contributed by atoms with Crippen LogP contribution in [0.4, 0.5) is 0 Å². The van der Waals surface area contributed by atoms with Gasteiger partial charge in [-0.2, -0.15) is 0 Å². The van der Waals surface area contributed by atoms with Crippen LogP contribution in [-0.4, -0.2) is 42.8 Å². The van der Waals surface area contributed by atoms with Gasteiger partial charge in [0, 0.05) is 50.3 Å². The fourth-order valence-electron chi connectivity index (χ4n) is 4.19. The molecule has 0 spiro atoms. The molecule has 4 rings (SSSR count). The molecule has 0 aliphatic carbocycles. The Labute approximate surface area is 166 Å². The summed E-state index contributed by atoms with van der Waals surface area (Å²) in [6, 6.07) is 4.05. The van der Waals surface area contributed by atoms with Gasteiger partial charge < -0.3 is 13.9 Å². The largest absolute Gasteiger partial charge is 0.342 e. The third-order valence-electron chi connectivity index (χ3n) is 5.85. The number of fused-ring (bicyclic) bond motifs is 1. The zero-order valence-electron chi connectivity index (χ0n) is 16.8. The molecule has 0 N–H and O–H groups in total. The Hall–Kier alpha value is -2.63. The number of carbonyl (C=O) groups excluding carboxylic acids is 1. The summed E-state index contributed by atoms with van der Waals surface area (Å²) < 4.78 is 4.33. The number of carbonyl (C=O) groups is 1. The SMILES string of the molecule is CCCCn1ccnc1C1CCN(C(=O)Cc2cnc3c(C)cccn23)CC1. The fourth-order valence-corrected chi connectivity index (χ4v) is 4.19. The van der Waals surface area contributed by atoms with E-state index in [1.807, 2.05) is 46.9 Å². The maximum Gasteiger partial charge on any atom is 0.228 e. The Morgan fingerprint density at radius 1 is 1.21 bits per heavy atom. The molecule has 0 saturated carbocycles. The van der Waals surface area contributed by atoms with Crippen LogP contribution in [0.2, 0.25) is 0 Å². The van der Waals surface area contributed by atoms with Gasteiger partial charge in [0.2, 0.25) is 5.91 Å². The lowest BCUT2D eigenvalue weighted by atomic mass is 9.95. The van der Waals surface area contributed by atoms with Gasteiger partial charge >= 0.3 is 0 Å². The van der Waals surface area contributed by atoms with Gasteiger partial charge in [0.05, 0.1) is 12.1 Å². The number of nitrogens with zero attached hydrogens (tertiary/aromatic N) is 5. The number of pyridine rings is 1. The third-order valence-corrected chi connectivity index (χ3v) is 5.85. The Balaban J connectivity index is 1.38. The molecule has 0 bridgehead atoms. The summed E-state index contributed by atoms with van der Waals surface area (Å²) in [7, 11) is 0. The second-order valence-corrected chi connectivity index (χ2v) is 7.80. The molecule has 6 heteroatoms. The zero-order valence-corrected chi connectivity index (χ0v) is 16.8. The van der Waals surface area contributed by atoms with Gasteiger partial charge in [0.15, 0.2) is 0 Å². The van der Waals surface area contributed by atoms with Crippen LogP contribution in [0.25, 0.3) is 5.65 Å². The van der Waals surface area contributed by atoms with Crippen LogP contribution in [0.5, 0.6) is 0 Å². The van der Waals surface area contributed by atoms with Crippen molar-refractivity contribution in [2.75, 3.05) is 13.1 Å². The molecule has 1 saturated heterocycles. The predicted molar refractivity (Wildman–Crippen MR) is 109 cm³/mol. The Morgan fingerprint density at radius 2 is 2.04 bits per heavy atom. The minimum Gasteiger partial charge on any atom is -0.342 e. The molecule has 0 atom stereocenters. The van der Waals surface area contributed by atoms with Crippen LogP contribution in [0.3, 0.4) is 0 Å². The predicted octanol–water partition coefficient (Wildman–Crippen LogP) is 3.59. The number of imidazole rings is 2. The van der Waals surface area contributed by atoms with E-state index in [0.29, 0.717) is 12.3 Å². The van der Waals surface area contributed by atoms with Crippen molar-refractivity contribution in [3.8, 4) is 0 Å². The lowest BCUT2D eigenvalue weighted by molar-refractivity contribution is -0.131. The monoisotopic (exact) mass is 379 g/mol. The highest BCUT2D eigenvalue weighted by Gasteiger charge is 2.26. The number of amides is 1. The normalized spacial score (nSPS) is 15.4. The molecule has 1 amide bonds. The number of hydrogen-bond acceptors (Lipinski definition) is 3. The van der Waals surface area contributed by atoms with Gasteiger partial charge in [0.25, 0.3) is 0 Å². The standard InChI is InChI=1S/C22H29N5O/c1-3-4-10-26-14-9-23-22(26)18-7-12-25(13-8-18)20(28)15-19-16-24-21-17(2)6-5-11-27(19)21/h5-6,9,11,14,16,18H,3-4,7-8,10,12-13,15H2,1-2H3. The molecule has 1 fully saturated rings. The van der Waals surface area contributed by atoms with Crippen molar-refractivity contribution >= 4 is 11.6 Å². The van der Waals surface area contributed by atoms with E-state index in [-0.39, 0.29) is 5.91 Å². The lowest BCUT2D eigenvalue weighted by Crippen LogP contribution is -2.39. The minimum atomic E-state index is 0.191. The first-order chi connectivity index (χ1) is 13.7. The first kappa shape index (κ1) is 18.7. The van der Waals surface area contributed by atoms with Gasteiger partial charge in [-0.1, -0.05) is 19.4 Å². The molecule has 0 unspecified atom stereocenters. The van der Waals surface area contributed by atoms with E-state index in [4.69, 9.17) is 0 Å². The van der Waals surface area contributed by atoms with Crippen LogP contribution < -0.4 is 0 Å². The highest BCUT2D eigenvalue weighted by atomic mass is 16.2. The molecule has 0 aromatic carbocycles. The van der Waals surface area contributed by atoms with Crippen LogP contribution in [0.15, 0.2) is 36.9 Å². The Morgan fingerprint density at radius 3 is 2.82 bits per heavy atom. The molecule has 0 radical (unpaired) electrons. The summed E-state index contributed by atoms with van der Waals surface area (Å²) in [6.45, 7) is 6.91. The van der Waals surface area contributed by atoms with E-state index in [0.717, 1.165) is 49.4 Å². The smallest absolute Gasteiger partial charge is 0.228 e. The number of aryl methyl sites for hydroxylation is 2. The second kappa shape index (κ2) is 8.17. The van der Waals surface area contributed by atoms with Crippen LogP contribution in [-0.2, 0) is 17.8 Å². The van der Waals surface area contributed by atoms with Crippen molar-refractivity contribution in [2.24, 2.45) is 0 Å². The number of unbranched alkanes of at least 4 members (excludes halogenated alkanes) is 1. The lowest BCUT2D eigenvalue weighted by Gasteiger charge is -2.32. The molecule has 4 heterocycles. The van der Waals surface area contributed by atoms with Gasteiger partial charge in [-0.05, 0) is 37.8 Å². The van der Waals surface area contributed by atoms with Crippen molar-refractivity contribution in [2.45, 2.75) is 58.4 Å². The Kier molecular flexibility index (Phi) is 5.46. The Bertz CT molecular complexity index is 949. The summed E-state index contributed by atoms with van der Waals surface area (Å²) in [4.78, 5) is 24.0. The first-order valence-electron chi connectivity index (χ1n) is 10.4. The molecule has 6 nitrogen and oxygen atoms in total. The average Bonchev–Trinajstić information content (AvgIpc) is 3.34. The molecular formula is C22H29N5O. The van der Waals surface area contributed by atoms with Crippen LogP contribution >= 0.6 is 0 Å². The summed E-state index contributed by atoms with van der Waals surface area (Å²) in [5.74, 6) is 1.84. The topological polar surface area (TPSA) is 55.4 Å². The zero-order chi connectivity index (χ0) is 19.5. The maximum atomic E-state index is 12.9. The fraction of sp³-hybridized carbons (Fsp3) is 0.500. The first-order valence-corrected chi connectivity index (χ1v) is 10.4. The van der Waals surface area contributed by atoms with E-state index < -0.39 is 0 Å². The highest BCUT2D eigenvalue weighted by Crippen LogP contribution is 2.27. The number of likely N-dealkylation sites (tertiary alicyclic amines) is 1. The number of rotatable bonds is 6. The van der Waals surface area contributed by atoms with Crippen molar-refractivity contribution in [1.29, 1.82) is 0 Å². The molecular weight excluding hydrogens is 350 g/mol. The summed E-state index contributed by atoms with van der Waals surface area (Å²) in [5.41, 5.74) is 3.02. The van der Waals surface area contributed by atoms with Crippen LogP contribution in [0, 0.1) is 6.92 Å². The molecule has 3 aromatic heterocycles. The number of aromatic nitrogens is 4. The third kappa shape index (κ3) is 3.68. The highest BCUT2D eigenvalue weighted by molar-refractivity contribution is 5.78. The number of piperidine rings is 1. The molecule has 3 aromatic rings. The maximum absolute atomic E-state index is 12.9. The van der Waals surface area contributed by atoms with E-state index in [1.165, 1.54) is 18.7 Å². The van der Waals surface area contributed by atoms with E-state index >= 15 is 0 Å². The number of hydrogen-bond donors (Lipinski definition) is 0. The van der Waals surface area contributed by atoms with Crippen molar-refractivity contribution in [3.63, 3.8) is 0 Å². The molecule has 28 heavy (non-hydrogen) atoms. The van der Waals surface area contributed by atoms with Crippen molar-refractivity contribution in [3.05, 3.63) is 54.0 Å². The molecule has 148 valence electrons. The van der Waals surface area contributed by atoms with Gasteiger partial charge in [-0.15, -0.1) is 0 Å². The molecule has 1 aliphatic rings.